The summed E-state index contributed by atoms with van der Waals surface area (Å²) in [6, 6.07) is 4.57. The predicted octanol–water partition coefficient (Wildman–Crippen LogP) is 3.30. The van der Waals surface area contributed by atoms with E-state index in [0.717, 1.165) is 4.47 Å². The van der Waals surface area contributed by atoms with Crippen LogP contribution in [0.2, 0.25) is 0 Å². The number of rotatable bonds is 3. The SMILES string of the molecule is CC(C)CN1C(=O)/C(=C\c2cc(Br)ccc2F)NC1=S. The summed E-state index contributed by atoms with van der Waals surface area (Å²) in [7, 11) is 0. The van der Waals surface area contributed by atoms with Crippen molar-refractivity contribution in [1.82, 2.24) is 10.2 Å². The molecule has 106 valence electrons. The molecule has 0 aliphatic carbocycles. The van der Waals surface area contributed by atoms with Crippen LogP contribution in [0.4, 0.5) is 4.39 Å². The molecule has 1 aliphatic heterocycles. The van der Waals surface area contributed by atoms with E-state index in [1.807, 2.05) is 13.8 Å². The van der Waals surface area contributed by atoms with Crippen molar-refractivity contribution in [2.75, 3.05) is 6.54 Å². The quantitative estimate of drug-likeness (QED) is 0.666. The Labute approximate surface area is 131 Å². The number of benzene rings is 1. The standard InChI is InChI=1S/C14H14BrFN2OS/c1-8(2)7-18-13(19)12(17-14(18)20)6-9-5-10(15)3-4-11(9)16/h3-6,8H,7H2,1-2H3,(H,17,20)/b12-6+. The molecule has 6 heteroatoms. The third kappa shape index (κ3) is 3.24. The zero-order chi connectivity index (χ0) is 14.9. The van der Waals surface area contributed by atoms with E-state index in [1.165, 1.54) is 17.0 Å². The molecular weight excluding hydrogens is 343 g/mol. The molecule has 1 N–H and O–H groups in total. The van der Waals surface area contributed by atoms with E-state index in [2.05, 4.69) is 21.2 Å². The molecule has 0 saturated carbocycles. The van der Waals surface area contributed by atoms with Crippen LogP contribution in [0.15, 0.2) is 28.4 Å². The number of nitrogens with zero attached hydrogens (tertiary/aromatic N) is 1. The Bertz CT molecular complexity index is 601. The van der Waals surface area contributed by atoms with Gasteiger partial charge in [-0.1, -0.05) is 29.8 Å². The maximum Gasteiger partial charge on any atom is 0.276 e. The second-order valence-corrected chi connectivity index (χ2v) is 6.27. The number of amides is 1. The first-order chi connectivity index (χ1) is 9.38. The maximum atomic E-state index is 13.7. The Hall–Kier alpha value is -1.27. The largest absolute Gasteiger partial charge is 0.328 e. The lowest BCUT2D eigenvalue weighted by Gasteiger charge is -2.15. The average Bonchev–Trinajstić information content (AvgIpc) is 2.61. The predicted molar refractivity (Wildman–Crippen MR) is 84.4 cm³/mol. The average molecular weight is 357 g/mol. The number of halogens is 2. The zero-order valence-electron chi connectivity index (χ0n) is 11.1. The number of thiocarbonyl (C=S) groups is 1. The lowest BCUT2D eigenvalue weighted by molar-refractivity contribution is -0.122. The summed E-state index contributed by atoms with van der Waals surface area (Å²) in [5.74, 6) is -0.299. The molecule has 3 nitrogen and oxygen atoms in total. The first-order valence-electron chi connectivity index (χ1n) is 6.18. The Morgan fingerprint density at radius 1 is 1.50 bits per heavy atom. The highest BCUT2D eigenvalue weighted by atomic mass is 79.9. The van der Waals surface area contributed by atoms with Crippen molar-refractivity contribution in [2.24, 2.45) is 5.92 Å². The molecule has 1 aromatic carbocycles. The van der Waals surface area contributed by atoms with Crippen LogP contribution in [0.1, 0.15) is 19.4 Å². The summed E-state index contributed by atoms with van der Waals surface area (Å²) < 4.78 is 14.5. The van der Waals surface area contributed by atoms with Gasteiger partial charge in [-0.15, -0.1) is 0 Å². The maximum absolute atomic E-state index is 13.7. The van der Waals surface area contributed by atoms with Gasteiger partial charge < -0.3 is 5.32 Å². The number of nitrogens with one attached hydrogen (secondary N) is 1. The molecule has 1 fully saturated rings. The van der Waals surface area contributed by atoms with E-state index in [0.29, 0.717) is 28.8 Å². The molecule has 0 radical (unpaired) electrons. The molecule has 0 unspecified atom stereocenters. The molecule has 0 atom stereocenters. The van der Waals surface area contributed by atoms with E-state index in [-0.39, 0.29) is 11.7 Å². The van der Waals surface area contributed by atoms with Gasteiger partial charge in [0.2, 0.25) is 0 Å². The molecule has 1 amide bonds. The summed E-state index contributed by atoms with van der Waals surface area (Å²) in [5.41, 5.74) is 0.636. The molecular formula is C14H14BrFN2OS. The zero-order valence-corrected chi connectivity index (χ0v) is 13.5. The molecule has 1 saturated heterocycles. The number of hydrogen-bond acceptors (Lipinski definition) is 2. The van der Waals surface area contributed by atoms with E-state index >= 15 is 0 Å². The van der Waals surface area contributed by atoms with Crippen LogP contribution in [-0.4, -0.2) is 22.5 Å². The summed E-state index contributed by atoms with van der Waals surface area (Å²) in [5, 5.41) is 3.21. The molecule has 1 aromatic rings. The minimum atomic E-state index is -0.386. The lowest BCUT2D eigenvalue weighted by Crippen LogP contribution is -2.33. The summed E-state index contributed by atoms with van der Waals surface area (Å²) in [4.78, 5) is 13.7. The van der Waals surface area contributed by atoms with Crippen molar-refractivity contribution in [2.45, 2.75) is 13.8 Å². The van der Waals surface area contributed by atoms with Gasteiger partial charge in [-0.05, 0) is 42.4 Å². The van der Waals surface area contributed by atoms with Crippen molar-refractivity contribution < 1.29 is 9.18 Å². The molecule has 1 heterocycles. The van der Waals surface area contributed by atoms with Gasteiger partial charge in [0.15, 0.2) is 5.11 Å². The second-order valence-electron chi connectivity index (χ2n) is 4.96. The fourth-order valence-electron chi connectivity index (χ4n) is 1.88. The monoisotopic (exact) mass is 356 g/mol. The molecule has 2 rings (SSSR count). The van der Waals surface area contributed by atoms with Crippen LogP contribution in [0.25, 0.3) is 6.08 Å². The molecule has 0 aromatic heterocycles. The van der Waals surface area contributed by atoms with Crippen molar-refractivity contribution in [3.05, 3.63) is 39.7 Å². The van der Waals surface area contributed by atoms with Gasteiger partial charge in [0.1, 0.15) is 11.5 Å². The third-order valence-electron chi connectivity index (χ3n) is 2.77. The minimum Gasteiger partial charge on any atom is -0.328 e. The fourth-order valence-corrected chi connectivity index (χ4v) is 2.53. The van der Waals surface area contributed by atoms with Crippen LogP contribution in [0, 0.1) is 11.7 Å². The first-order valence-corrected chi connectivity index (χ1v) is 7.38. The number of carbonyl (C=O) groups excluding carboxylic acids is 1. The summed E-state index contributed by atoms with van der Waals surface area (Å²) in [6.45, 7) is 4.56. The molecule has 1 aliphatic rings. The van der Waals surface area contributed by atoms with Crippen molar-refractivity contribution in [1.29, 1.82) is 0 Å². The van der Waals surface area contributed by atoms with E-state index in [4.69, 9.17) is 12.2 Å². The van der Waals surface area contributed by atoms with Gasteiger partial charge in [0, 0.05) is 16.6 Å². The summed E-state index contributed by atoms with van der Waals surface area (Å²) >= 11 is 8.42. The van der Waals surface area contributed by atoms with Crippen molar-refractivity contribution in [3.8, 4) is 0 Å². The Balaban J connectivity index is 2.30. The highest BCUT2D eigenvalue weighted by molar-refractivity contribution is 9.10. The minimum absolute atomic E-state index is 0.219. The Morgan fingerprint density at radius 3 is 2.85 bits per heavy atom. The third-order valence-corrected chi connectivity index (χ3v) is 3.58. The van der Waals surface area contributed by atoms with Gasteiger partial charge in [0.25, 0.3) is 5.91 Å². The normalized spacial score (nSPS) is 17.2. The molecule has 0 spiro atoms. The second kappa shape index (κ2) is 6.01. The van der Waals surface area contributed by atoms with Crippen LogP contribution < -0.4 is 5.32 Å². The number of carbonyl (C=O) groups is 1. The van der Waals surface area contributed by atoms with Crippen LogP contribution >= 0.6 is 28.1 Å². The highest BCUT2D eigenvalue weighted by Gasteiger charge is 2.30. The lowest BCUT2D eigenvalue weighted by atomic mass is 10.1. The van der Waals surface area contributed by atoms with Crippen LogP contribution in [0.3, 0.4) is 0 Å². The Kier molecular flexibility index (Phi) is 4.55. The van der Waals surface area contributed by atoms with Crippen LogP contribution in [-0.2, 0) is 4.79 Å². The molecule has 0 bridgehead atoms. The van der Waals surface area contributed by atoms with Gasteiger partial charge in [0.05, 0.1) is 0 Å². The van der Waals surface area contributed by atoms with Crippen LogP contribution in [0.5, 0.6) is 0 Å². The van der Waals surface area contributed by atoms with E-state index < -0.39 is 0 Å². The smallest absolute Gasteiger partial charge is 0.276 e. The first kappa shape index (κ1) is 15.1. The number of hydrogen-bond donors (Lipinski definition) is 1. The van der Waals surface area contributed by atoms with E-state index in [9.17, 15) is 9.18 Å². The highest BCUT2D eigenvalue weighted by Crippen LogP contribution is 2.20. The van der Waals surface area contributed by atoms with Crippen molar-refractivity contribution in [3.63, 3.8) is 0 Å². The topological polar surface area (TPSA) is 32.3 Å². The van der Waals surface area contributed by atoms with Gasteiger partial charge >= 0.3 is 0 Å². The Morgan fingerprint density at radius 2 is 2.20 bits per heavy atom. The van der Waals surface area contributed by atoms with Gasteiger partial charge in [-0.3, -0.25) is 9.69 Å². The van der Waals surface area contributed by atoms with Crippen molar-refractivity contribution >= 4 is 45.2 Å². The van der Waals surface area contributed by atoms with E-state index in [1.54, 1.807) is 12.1 Å². The summed E-state index contributed by atoms with van der Waals surface area (Å²) in [6.07, 6.45) is 1.48. The molecule has 20 heavy (non-hydrogen) atoms. The van der Waals surface area contributed by atoms with Gasteiger partial charge in [-0.25, -0.2) is 4.39 Å². The fraction of sp³-hybridized carbons (Fsp3) is 0.286. The van der Waals surface area contributed by atoms with Gasteiger partial charge in [-0.2, -0.15) is 0 Å².